The zero-order chi connectivity index (χ0) is 21.3. The minimum absolute atomic E-state index is 0.160. The number of rotatable bonds is 5. The fourth-order valence-electron chi connectivity index (χ4n) is 3.11. The van der Waals surface area contributed by atoms with Crippen molar-refractivity contribution in [2.75, 3.05) is 41.0 Å². The summed E-state index contributed by atoms with van der Waals surface area (Å²) in [6.07, 6.45) is 0.295. The molecule has 0 bridgehead atoms. The van der Waals surface area contributed by atoms with E-state index in [1.807, 2.05) is 0 Å². The van der Waals surface area contributed by atoms with Crippen LogP contribution in [0.2, 0.25) is 0 Å². The normalized spacial score (nSPS) is 18.7. The van der Waals surface area contributed by atoms with Crippen molar-refractivity contribution >= 4 is 35.7 Å². The molecule has 1 atom stereocenters. The highest BCUT2D eigenvalue weighted by molar-refractivity contribution is 5.90. The van der Waals surface area contributed by atoms with Gasteiger partial charge in [0.05, 0.1) is 31.0 Å². The Morgan fingerprint density at radius 1 is 1.37 bits per heavy atom. The third-order valence-corrected chi connectivity index (χ3v) is 4.56. The van der Waals surface area contributed by atoms with Gasteiger partial charge in [0.2, 0.25) is 5.91 Å². The van der Waals surface area contributed by atoms with Gasteiger partial charge in [0, 0.05) is 13.5 Å². The molecule has 0 unspecified atom stereocenters. The molecule has 12 nitrogen and oxygen atoms in total. The molecule has 158 valence electrons. The van der Waals surface area contributed by atoms with Crippen LogP contribution in [-0.2, 0) is 9.53 Å². The van der Waals surface area contributed by atoms with Gasteiger partial charge in [-0.1, -0.05) is 0 Å². The summed E-state index contributed by atoms with van der Waals surface area (Å²) in [6.45, 7) is 2.48. The van der Waals surface area contributed by atoms with Crippen molar-refractivity contribution in [1.29, 1.82) is 0 Å². The van der Waals surface area contributed by atoms with E-state index in [1.54, 1.807) is 17.0 Å². The van der Waals surface area contributed by atoms with E-state index >= 15 is 0 Å². The van der Waals surface area contributed by atoms with Crippen LogP contribution < -0.4 is 25.9 Å². The SMILES string of the molecule is CC(=O)NC[C@H]1CN(c2ccc(N3C=NN(c4noc(=O)[nH]4)CC3)c(F)c2)C(=O)O1. The Kier molecular flexibility index (Phi) is 5.08. The average molecular weight is 419 g/mol. The summed E-state index contributed by atoms with van der Waals surface area (Å²) in [5, 5.41) is 11.7. The van der Waals surface area contributed by atoms with E-state index in [2.05, 4.69) is 25.1 Å². The molecular formula is C17H18FN7O5. The lowest BCUT2D eigenvalue weighted by molar-refractivity contribution is -0.119. The predicted octanol–water partition coefficient (Wildman–Crippen LogP) is 0.233. The van der Waals surface area contributed by atoms with Crippen LogP contribution in [0.4, 0.5) is 26.5 Å². The van der Waals surface area contributed by atoms with Crippen LogP contribution in [-0.4, -0.2) is 60.8 Å². The maximum Gasteiger partial charge on any atom is 0.440 e. The van der Waals surface area contributed by atoms with Crippen molar-refractivity contribution in [2.24, 2.45) is 5.10 Å². The topological polar surface area (TPSA) is 136 Å². The van der Waals surface area contributed by atoms with Crippen LogP contribution in [0, 0.1) is 5.82 Å². The van der Waals surface area contributed by atoms with Gasteiger partial charge in [-0.05, 0) is 23.4 Å². The lowest BCUT2D eigenvalue weighted by Gasteiger charge is -2.28. The Hall–Kier alpha value is -3.90. The lowest BCUT2D eigenvalue weighted by atomic mass is 10.2. The van der Waals surface area contributed by atoms with E-state index in [4.69, 9.17) is 4.74 Å². The van der Waals surface area contributed by atoms with E-state index in [0.29, 0.717) is 18.8 Å². The van der Waals surface area contributed by atoms with E-state index in [9.17, 15) is 18.8 Å². The molecule has 1 fully saturated rings. The Labute approximate surface area is 168 Å². The largest absolute Gasteiger partial charge is 0.442 e. The third-order valence-electron chi connectivity index (χ3n) is 4.56. The number of amides is 2. The van der Waals surface area contributed by atoms with Gasteiger partial charge in [0.25, 0.3) is 5.95 Å². The van der Waals surface area contributed by atoms with Crippen molar-refractivity contribution in [1.82, 2.24) is 15.5 Å². The highest BCUT2D eigenvalue weighted by Gasteiger charge is 2.33. The van der Waals surface area contributed by atoms with Crippen LogP contribution in [0.25, 0.3) is 0 Å². The molecule has 0 aliphatic carbocycles. The molecule has 0 radical (unpaired) electrons. The molecule has 1 aromatic heterocycles. The Bertz CT molecular complexity index is 1050. The van der Waals surface area contributed by atoms with Gasteiger partial charge in [-0.3, -0.25) is 19.2 Å². The Morgan fingerprint density at radius 3 is 2.83 bits per heavy atom. The van der Waals surface area contributed by atoms with Crippen molar-refractivity contribution in [3.05, 3.63) is 34.6 Å². The fourth-order valence-corrected chi connectivity index (χ4v) is 3.11. The third kappa shape index (κ3) is 3.94. The fraction of sp³-hybridized carbons (Fsp3) is 0.353. The molecule has 1 saturated heterocycles. The minimum atomic E-state index is -0.691. The van der Waals surface area contributed by atoms with Gasteiger partial charge in [0.15, 0.2) is 0 Å². The first-order valence-electron chi connectivity index (χ1n) is 9.07. The van der Waals surface area contributed by atoms with E-state index in [0.717, 1.165) is 0 Å². The lowest BCUT2D eigenvalue weighted by Crippen LogP contribution is -2.39. The number of H-pyrrole nitrogens is 1. The summed E-state index contributed by atoms with van der Waals surface area (Å²) in [4.78, 5) is 39.4. The maximum absolute atomic E-state index is 14.8. The first-order valence-corrected chi connectivity index (χ1v) is 9.07. The molecule has 0 saturated carbocycles. The number of carbonyl (C=O) groups excluding carboxylic acids is 2. The van der Waals surface area contributed by atoms with E-state index < -0.39 is 23.8 Å². The van der Waals surface area contributed by atoms with Gasteiger partial charge >= 0.3 is 11.8 Å². The van der Waals surface area contributed by atoms with E-state index in [1.165, 1.54) is 29.2 Å². The van der Waals surface area contributed by atoms with Crippen molar-refractivity contribution in [3.8, 4) is 0 Å². The zero-order valence-electron chi connectivity index (χ0n) is 15.9. The molecule has 30 heavy (non-hydrogen) atoms. The number of aromatic amines is 1. The molecule has 2 N–H and O–H groups in total. The molecular weight excluding hydrogens is 401 g/mol. The molecule has 1 aromatic carbocycles. The summed E-state index contributed by atoms with van der Waals surface area (Å²) in [6, 6.07) is 4.39. The average Bonchev–Trinajstić information content (AvgIpc) is 3.32. The van der Waals surface area contributed by atoms with Gasteiger partial charge in [-0.15, -0.1) is 0 Å². The monoisotopic (exact) mass is 419 g/mol. The van der Waals surface area contributed by atoms with Crippen molar-refractivity contribution < 1.29 is 23.2 Å². The Morgan fingerprint density at radius 2 is 2.20 bits per heavy atom. The summed E-state index contributed by atoms with van der Waals surface area (Å²) in [5.74, 6) is -1.30. The van der Waals surface area contributed by atoms with Gasteiger partial charge in [0.1, 0.15) is 18.3 Å². The van der Waals surface area contributed by atoms with Gasteiger partial charge < -0.3 is 15.0 Å². The number of nitrogens with one attached hydrogen (secondary N) is 2. The highest BCUT2D eigenvalue weighted by Crippen LogP contribution is 2.28. The molecule has 3 heterocycles. The van der Waals surface area contributed by atoms with Crippen LogP contribution in [0.15, 0.2) is 32.6 Å². The summed E-state index contributed by atoms with van der Waals surface area (Å²) >= 11 is 0. The number of halogens is 1. The predicted molar refractivity (Wildman–Crippen MR) is 103 cm³/mol. The maximum atomic E-state index is 14.8. The molecule has 2 aliphatic heterocycles. The highest BCUT2D eigenvalue weighted by atomic mass is 19.1. The molecule has 2 amide bonds. The number of nitrogens with zero attached hydrogens (tertiary/aromatic N) is 5. The van der Waals surface area contributed by atoms with Gasteiger partial charge in [-0.2, -0.15) is 5.10 Å². The van der Waals surface area contributed by atoms with Crippen LogP contribution in [0.3, 0.4) is 0 Å². The quantitative estimate of drug-likeness (QED) is 0.703. The molecule has 0 spiro atoms. The number of benzene rings is 1. The molecule has 4 rings (SSSR count). The molecule has 13 heteroatoms. The standard InChI is InChI=1S/C17H18FN7O5/c1-10(26)19-7-12-8-24(17(28)29-12)11-2-3-14(13(18)6-11)23-4-5-25(20-9-23)15-21-16(27)30-22-15/h2-3,6,9,12H,4-5,7-8H2,1H3,(H,19,26)(H,21,22,27)/t12-/m0/s1. The van der Waals surface area contributed by atoms with Crippen LogP contribution in [0.1, 0.15) is 6.92 Å². The number of anilines is 3. The van der Waals surface area contributed by atoms with Gasteiger partial charge in [-0.25, -0.2) is 19.0 Å². The number of hydrazone groups is 1. The number of hydrogen-bond donors (Lipinski definition) is 2. The summed E-state index contributed by atoms with van der Waals surface area (Å²) in [5.41, 5.74) is 0.625. The zero-order valence-corrected chi connectivity index (χ0v) is 15.9. The van der Waals surface area contributed by atoms with Crippen LogP contribution in [0.5, 0.6) is 0 Å². The van der Waals surface area contributed by atoms with Crippen molar-refractivity contribution in [3.63, 3.8) is 0 Å². The smallest absolute Gasteiger partial charge is 0.440 e. The number of carbonyl (C=O) groups is 2. The number of hydrogen-bond acceptors (Lipinski definition) is 9. The number of ether oxygens (including phenoxy) is 1. The first-order chi connectivity index (χ1) is 14.4. The second-order valence-electron chi connectivity index (χ2n) is 6.66. The van der Waals surface area contributed by atoms with Crippen LogP contribution >= 0.6 is 0 Å². The second-order valence-corrected chi connectivity index (χ2v) is 6.66. The first kappa shape index (κ1) is 19.4. The summed E-state index contributed by atoms with van der Waals surface area (Å²) < 4.78 is 24.4. The second kappa shape index (κ2) is 7.85. The molecule has 2 aliphatic rings. The summed E-state index contributed by atoms with van der Waals surface area (Å²) in [7, 11) is 0. The molecule has 2 aromatic rings. The minimum Gasteiger partial charge on any atom is -0.442 e. The Balaban J connectivity index is 1.44. The number of cyclic esters (lactones) is 1. The van der Waals surface area contributed by atoms with E-state index in [-0.39, 0.29) is 30.6 Å². The van der Waals surface area contributed by atoms with Crippen molar-refractivity contribution in [2.45, 2.75) is 13.0 Å². The number of aromatic nitrogens is 2.